The second-order valence-corrected chi connectivity index (χ2v) is 13.3. The number of hydrogen-bond acceptors (Lipinski definition) is 10. The second kappa shape index (κ2) is 17.3. The number of aromatic nitrogens is 4. The van der Waals surface area contributed by atoms with Crippen LogP contribution < -0.4 is 10.6 Å². The Balaban J connectivity index is 1.13. The van der Waals surface area contributed by atoms with E-state index >= 15 is 0 Å². The maximum Gasteiger partial charge on any atom is 0.407 e. The van der Waals surface area contributed by atoms with E-state index in [0.29, 0.717) is 31.2 Å². The van der Waals surface area contributed by atoms with E-state index in [4.69, 9.17) is 14.5 Å². The van der Waals surface area contributed by atoms with Crippen molar-refractivity contribution in [3.05, 3.63) is 83.6 Å². The first-order valence-electron chi connectivity index (χ1n) is 17.7. The Kier molecular flexibility index (Phi) is 12.1. The largest absolute Gasteiger partial charge is 0.453 e. The Bertz CT molecular complexity index is 2120. The number of H-pyrrole nitrogens is 2. The Morgan fingerprint density at radius 1 is 0.855 bits per heavy atom. The molecule has 0 spiro atoms. The number of carbonyl (C=O) groups is 4. The number of nitrogens with zero attached hydrogens (tertiary/aromatic N) is 4. The first-order chi connectivity index (χ1) is 26.6. The van der Waals surface area contributed by atoms with Gasteiger partial charge in [0, 0.05) is 38.4 Å². The molecule has 0 unspecified atom stereocenters. The van der Waals surface area contributed by atoms with Crippen molar-refractivity contribution in [3.63, 3.8) is 0 Å². The molecule has 4 atom stereocenters. The van der Waals surface area contributed by atoms with Crippen molar-refractivity contribution in [1.29, 1.82) is 0 Å². The minimum atomic E-state index is -0.924. The van der Waals surface area contributed by atoms with Gasteiger partial charge in [-0.05, 0) is 55.2 Å². The van der Waals surface area contributed by atoms with E-state index in [1.807, 2.05) is 42.5 Å². The van der Waals surface area contributed by atoms with Crippen molar-refractivity contribution in [3.8, 4) is 23.1 Å². The number of alkyl carbamates (subject to hydrolysis) is 2. The standard InChI is InChI=1S/C39H44N8O8/c1-23-17-33(47(20-23)37(49)31(22-53-3)45-39(51)55-5)34-40-19-29(43-34)26-13-10-24(11-14-26)8-9-25-12-15-27-28(18-25)42-35(41-27)32-7-6-16-46(32)36(48)30(21-52-2)44-38(50)54-4/h10-15,18-19,30-33H,1,6-7,16-17,20-22H2,2-5H3,(H,40,43)(H,41,42)(H,44,50)(H,45,51)/t30-,31-,32+,33+/m1/s1. The molecule has 6 rings (SSSR count). The van der Waals surface area contributed by atoms with Gasteiger partial charge in [0.2, 0.25) is 11.8 Å². The smallest absolute Gasteiger partial charge is 0.407 e. The summed E-state index contributed by atoms with van der Waals surface area (Å²) in [4.78, 5) is 70.1. The van der Waals surface area contributed by atoms with E-state index in [9.17, 15) is 19.2 Å². The molecular weight excluding hydrogens is 708 g/mol. The third-order valence-electron chi connectivity index (χ3n) is 9.56. The maximum absolute atomic E-state index is 13.5. The number of likely N-dealkylation sites (tertiary alicyclic amines) is 2. The fourth-order valence-electron chi connectivity index (χ4n) is 6.87. The van der Waals surface area contributed by atoms with Crippen molar-refractivity contribution in [2.75, 3.05) is 54.7 Å². The topological polar surface area (TPSA) is 193 Å². The molecule has 2 fully saturated rings. The minimum Gasteiger partial charge on any atom is -0.453 e. The van der Waals surface area contributed by atoms with Gasteiger partial charge in [-0.15, -0.1) is 0 Å². The van der Waals surface area contributed by atoms with Gasteiger partial charge in [-0.2, -0.15) is 0 Å². The SMILES string of the molecule is C=C1C[C@@H](c2ncc(-c3ccc(C#Cc4ccc5nc([C@@H]6CCCN6C(=O)[C@@H](COC)NC(=O)OC)[nH]c5c4)cc3)[nH]2)N(C(=O)[C@@H](COC)NC(=O)OC)C1. The number of aromatic amines is 2. The average molecular weight is 753 g/mol. The molecule has 2 aromatic carbocycles. The molecule has 0 bridgehead atoms. The fourth-order valence-corrected chi connectivity index (χ4v) is 6.87. The number of ether oxygens (including phenoxy) is 4. The van der Waals surface area contributed by atoms with Crippen LogP contribution in [0.5, 0.6) is 0 Å². The van der Waals surface area contributed by atoms with Gasteiger partial charge in [-0.3, -0.25) is 9.59 Å². The summed E-state index contributed by atoms with van der Waals surface area (Å²) in [6, 6.07) is 11.0. The Morgan fingerprint density at radius 2 is 1.49 bits per heavy atom. The highest BCUT2D eigenvalue weighted by Crippen LogP contribution is 2.35. The summed E-state index contributed by atoms with van der Waals surface area (Å²) in [5.74, 6) is 7.14. The van der Waals surface area contributed by atoms with E-state index in [1.54, 1.807) is 16.0 Å². The number of amides is 4. The Hall–Kier alpha value is -6.18. The Morgan fingerprint density at radius 3 is 2.15 bits per heavy atom. The van der Waals surface area contributed by atoms with E-state index < -0.39 is 24.3 Å². The molecule has 4 N–H and O–H groups in total. The molecule has 4 heterocycles. The number of methoxy groups -OCH3 is 4. The summed E-state index contributed by atoms with van der Waals surface area (Å²) in [6.45, 7) is 4.96. The molecule has 2 aromatic heterocycles. The molecule has 55 heavy (non-hydrogen) atoms. The summed E-state index contributed by atoms with van der Waals surface area (Å²) < 4.78 is 19.7. The molecule has 16 heteroatoms. The van der Waals surface area contributed by atoms with Gasteiger partial charge in [0.05, 0.1) is 62.4 Å². The fraction of sp³-hybridized carbons (Fsp3) is 0.385. The summed E-state index contributed by atoms with van der Waals surface area (Å²) in [5, 5.41) is 5.10. The van der Waals surface area contributed by atoms with Gasteiger partial charge < -0.3 is 49.3 Å². The van der Waals surface area contributed by atoms with Gasteiger partial charge in [0.15, 0.2) is 0 Å². The number of rotatable bonds is 11. The molecule has 16 nitrogen and oxygen atoms in total. The number of fused-ring (bicyclic) bond motifs is 1. The summed E-state index contributed by atoms with van der Waals surface area (Å²) in [7, 11) is 5.41. The van der Waals surface area contributed by atoms with Crippen molar-refractivity contribution in [2.24, 2.45) is 0 Å². The van der Waals surface area contributed by atoms with Crippen LogP contribution in [0.4, 0.5) is 9.59 Å². The van der Waals surface area contributed by atoms with Crippen LogP contribution in [0, 0.1) is 11.8 Å². The predicted octanol–water partition coefficient (Wildman–Crippen LogP) is 3.59. The van der Waals surface area contributed by atoms with Crippen LogP contribution >= 0.6 is 0 Å². The molecule has 0 saturated carbocycles. The summed E-state index contributed by atoms with van der Waals surface area (Å²) in [6.07, 6.45) is 2.36. The number of imidazole rings is 2. The third kappa shape index (κ3) is 8.80. The summed E-state index contributed by atoms with van der Waals surface area (Å²) >= 11 is 0. The van der Waals surface area contributed by atoms with Crippen LogP contribution in [0.2, 0.25) is 0 Å². The average Bonchev–Trinajstić information content (AvgIpc) is 4.02. The molecule has 2 aliphatic rings. The van der Waals surface area contributed by atoms with E-state index in [0.717, 1.165) is 51.8 Å². The van der Waals surface area contributed by atoms with Gasteiger partial charge in [-0.1, -0.05) is 36.1 Å². The van der Waals surface area contributed by atoms with Gasteiger partial charge in [0.25, 0.3) is 0 Å². The zero-order valence-corrected chi connectivity index (χ0v) is 31.1. The first kappa shape index (κ1) is 38.5. The van der Waals surface area contributed by atoms with Crippen molar-refractivity contribution in [1.82, 2.24) is 40.4 Å². The quantitative estimate of drug-likeness (QED) is 0.130. The van der Waals surface area contributed by atoms with Gasteiger partial charge in [0.1, 0.15) is 23.7 Å². The zero-order valence-electron chi connectivity index (χ0n) is 31.1. The molecule has 2 aliphatic heterocycles. The number of nitrogens with one attached hydrogen (secondary N) is 4. The molecular formula is C39H44N8O8. The Labute approximate surface area is 317 Å². The lowest BCUT2D eigenvalue weighted by atomic mass is 10.1. The van der Waals surface area contributed by atoms with Gasteiger partial charge in [-0.25, -0.2) is 19.6 Å². The molecule has 4 amide bonds. The number of carbonyl (C=O) groups excluding carboxylic acids is 4. The van der Waals surface area contributed by atoms with Gasteiger partial charge >= 0.3 is 12.2 Å². The van der Waals surface area contributed by atoms with E-state index in [-0.39, 0.29) is 37.1 Å². The van der Waals surface area contributed by atoms with Crippen molar-refractivity contribution >= 4 is 35.0 Å². The van der Waals surface area contributed by atoms with Crippen molar-refractivity contribution in [2.45, 2.75) is 43.4 Å². The second-order valence-electron chi connectivity index (χ2n) is 13.3. The zero-order chi connectivity index (χ0) is 39.1. The van der Waals surface area contributed by atoms with Crippen LogP contribution in [0.3, 0.4) is 0 Å². The molecule has 4 aromatic rings. The molecule has 0 radical (unpaired) electrons. The monoisotopic (exact) mass is 752 g/mol. The van der Waals surface area contributed by atoms with Crippen LogP contribution in [-0.4, -0.2) is 121 Å². The van der Waals surface area contributed by atoms with Crippen LogP contribution in [0.15, 0.2) is 60.8 Å². The van der Waals surface area contributed by atoms with E-state index in [2.05, 4.69) is 53.5 Å². The lowest BCUT2D eigenvalue weighted by Crippen LogP contribution is -2.50. The predicted molar refractivity (Wildman–Crippen MR) is 200 cm³/mol. The van der Waals surface area contributed by atoms with Crippen LogP contribution in [0.25, 0.3) is 22.3 Å². The minimum absolute atomic E-state index is 0.0140. The lowest BCUT2D eigenvalue weighted by Gasteiger charge is -2.27. The molecule has 2 saturated heterocycles. The highest BCUT2D eigenvalue weighted by molar-refractivity contribution is 5.87. The highest BCUT2D eigenvalue weighted by Gasteiger charge is 2.38. The maximum atomic E-state index is 13.5. The normalized spacial score (nSPS) is 17.7. The molecule has 288 valence electrons. The van der Waals surface area contributed by atoms with E-state index in [1.165, 1.54) is 28.4 Å². The van der Waals surface area contributed by atoms with Crippen LogP contribution in [0.1, 0.15) is 54.1 Å². The highest BCUT2D eigenvalue weighted by atomic mass is 16.5. The first-order valence-corrected chi connectivity index (χ1v) is 17.7. The summed E-state index contributed by atoms with van der Waals surface area (Å²) in [5.41, 5.74) is 5.70. The molecule has 0 aliphatic carbocycles. The number of benzene rings is 2. The third-order valence-corrected chi connectivity index (χ3v) is 9.56. The van der Waals surface area contributed by atoms with Crippen molar-refractivity contribution < 1.29 is 38.1 Å². The lowest BCUT2D eigenvalue weighted by molar-refractivity contribution is -0.136. The van der Waals surface area contributed by atoms with Crippen LogP contribution in [-0.2, 0) is 28.5 Å². The number of hydrogen-bond donors (Lipinski definition) is 4.